The second kappa shape index (κ2) is 5.66. The van der Waals surface area contributed by atoms with E-state index in [-0.39, 0.29) is 6.10 Å². The zero-order valence-corrected chi connectivity index (χ0v) is 12.1. The number of benzene rings is 2. The Hall–Kier alpha value is -1.48. The van der Waals surface area contributed by atoms with Gasteiger partial charge in [-0.15, -0.1) is 0 Å². The monoisotopic (exact) mass is 318 g/mol. The Morgan fingerprint density at radius 2 is 2.00 bits per heavy atom. The molecule has 0 radical (unpaired) electrons. The second-order valence-corrected chi connectivity index (χ2v) is 5.29. The smallest absolute Gasteiger partial charge is 0.123 e. The largest absolute Gasteiger partial charge is 0.489 e. The third-order valence-electron chi connectivity index (χ3n) is 3.19. The molecule has 1 aliphatic heterocycles. The molecular formula is C16H15BrO2. The van der Waals surface area contributed by atoms with Gasteiger partial charge in [0.25, 0.3) is 0 Å². The maximum Gasteiger partial charge on any atom is 0.123 e. The molecule has 0 bridgehead atoms. The van der Waals surface area contributed by atoms with Crippen LogP contribution in [0.15, 0.2) is 48.5 Å². The van der Waals surface area contributed by atoms with E-state index in [4.69, 9.17) is 9.47 Å². The van der Waals surface area contributed by atoms with Crippen LogP contribution < -0.4 is 9.47 Å². The molecule has 2 nitrogen and oxygen atoms in total. The molecule has 0 amide bonds. The fourth-order valence-electron chi connectivity index (χ4n) is 2.21. The molecule has 0 fully saturated rings. The van der Waals surface area contributed by atoms with Gasteiger partial charge in [0, 0.05) is 17.3 Å². The van der Waals surface area contributed by atoms with Gasteiger partial charge in [-0.05, 0) is 23.8 Å². The number of rotatable bonds is 4. The zero-order chi connectivity index (χ0) is 13.1. The molecule has 1 unspecified atom stereocenters. The molecule has 1 aliphatic rings. The van der Waals surface area contributed by atoms with Crippen molar-refractivity contribution in [2.24, 2.45) is 0 Å². The van der Waals surface area contributed by atoms with E-state index in [1.165, 1.54) is 11.1 Å². The van der Waals surface area contributed by atoms with Crippen molar-refractivity contribution in [1.29, 1.82) is 0 Å². The van der Waals surface area contributed by atoms with Crippen molar-refractivity contribution in [3.8, 4) is 11.5 Å². The summed E-state index contributed by atoms with van der Waals surface area (Å²) in [4.78, 5) is 0. The lowest BCUT2D eigenvalue weighted by Gasteiger charge is -2.07. The molecule has 0 aromatic heterocycles. The van der Waals surface area contributed by atoms with E-state index in [9.17, 15) is 0 Å². The van der Waals surface area contributed by atoms with Crippen molar-refractivity contribution in [1.82, 2.24) is 0 Å². The minimum absolute atomic E-state index is 0.249. The first-order chi connectivity index (χ1) is 9.35. The Labute approximate surface area is 121 Å². The van der Waals surface area contributed by atoms with Crippen LogP contribution in [0.25, 0.3) is 0 Å². The lowest BCUT2D eigenvalue weighted by molar-refractivity contribution is 0.260. The molecule has 2 aromatic rings. The lowest BCUT2D eigenvalue weighted by atomic mass is 10.1. The number of ether oxygens (including phenoxy) is 2. The van der Waals surface area contributed by atoms with Crippen LogP contribution in [0, 0.1) is 0 Å². The summed E-state index contributed by atoms with van der Waals surface area (Å²) in [5.41, 5.74) is 2.41. The van der Waals surface area contributed by atoms with Crippen molar-refractivity contribution in [2.45, 2.75) is 19.1 Å². The van der Waals surface area contributed by atoms with Crippen LogP contribution in [0.1, 0.15) is 11.1 Å². The highest BCUT2D eigenvalue weighted by Crippen LogP contribution is 2.32. The van der Waals surface area contributed by atoms with Crippen molar-refractivity contribution in [2.75, 3.05) is 5.33 Å². The Balaban J connectivity index is 1.67. The second-order valence-electron chi connectivity index (χ2n) is 4.64. The molecule has 98 valence electrons. The minimum Gasteiger partial charge on any atom is -0.489 e. The summed E-state index contributed by atoms with van der Waals surface area (Å²) in [6.07, 6.45) is 1.20. The van der Waals surface area contributed by atoms with Crippen molar-refractivity contribution in [3.63, 3.8) is 0 Å². The standard InChI is InChI=1S/C16H15BrO2/c17-10-15-9-13-8-14(6-7-16(13)19-15)18-11-12-4-2-1-3-5-12/h1-8,15H,9-11H2. The van der Waals surface area contributed by atoms with E-state index in [0.717, 1.165) is 23.2 Å². The molecule has 3 rings (SSSR count). The fraction of sp³-hybridized carbons (Fsp3) is 0.250. The van der Waals surface area contributed by atoms with Crippen LogP contribution in [0.5, 0.6) is 11.5 Å². The first-order valence-electron chi connectivity index (χ1n) is 6.37. The summed E-state index contributed by atoms with van der Waals surface area (Å²) in [6, 6.07) is 16.2. The highest BCUT2D eigenvalue weighted by atomic mass is 79.9. The normalized spacial score (nSPS) is 16.8. The molecular weight excluding hydrogens is 304 g/mol. The molecule has 0 aliphatic carbocycles. The SMILES string of the molecule is BrCC1Cc2cc(OCc3ccccc3)ccc2O1. The Kier molecular flexibility index (Phi) is 3.74. The van der Waals surface area contributed by atoms with Crippen LogP contribution in [0.2, 0.25) is 0 Å². The molecule has 0 saturated carbocycles. The average molecular weight is 319 g/mol. The molecule has 1 heterocycles. The van der Waals surface area contributed by atoms with E-state index < -0.39 is 0 Å². The first kappa shape index (κ1) is 12.5. The summed E-state index contributed by atoms with van der Waals surface area (Å²) in [6.45, 7) is 0.600. The minimum atomic E-state index is 0.249. The van der Waals surface area contributed by atoms with Gasteiger partial charge in [-0.3, -0.25) is 0 Å². The highest BCUT2D eigenvalue weighted by Gasteiger charge is 2.22. The zero-order valence-electron chi connectivity index (χ0n) is 10.5. The van der Waals surface area contributed by atoms with Crippen LogP contribution in [-0.4, -0.2) is 11.4 Å². The molecule has 1 atom stereocenters. The summed E-state index contributed by atoms with van der Waals surface area (Å²) < 4.78 is 11.6. The van der Waals surface area contributed by atoms with Gasteiger partial charge in [-0.1, -0.05) is 46.3 Å². The summed E-state index contributed by atoms with van der Waals surface area (Å²) in [5.74, 6) is 1.89. The first-order valence-corrected chi connectivity index (χ1v) is 7.49. The van der Waals surface area contributed by atoms with Gasteiger partial charge in [-0.2, -0.15) is 0 Å². The molecule has 3 heteroatoms. The quantitative estimate of drug-likeness (QED) is 0.794. The van der Waals surface area contributed by atoms with E-state index in [1.807, 2.05) is 30.3 Å². The van der Waals surface area contributed by atoms with E-state index >= 15 is 0 Å². The van der Waals surface area contributed by atoms with Crippen LogP contribution >= 0.6 is 15.9 Å². The van der Waals surface area contributed by atoms with E-state index in [2.05, 4.69) is 34.1 Å². The average Bonchev–Trinajstić information content (AvgIpc) is 2.88. The van der Waals surface area contributed by atoms with E-state index in [1.54, 1.807) is 0 Å². The Morgan fingerprint density at radius 1 is 1.16 bits per heavy atom. The summed E-state index contributed by atoms with van der Waals surface area (Å²) in [5, 5.41) is 0.863. The predicted octanol–water partition coefficient (Wildman–Crippen LogP) is 3.96. The van der Waals surface area contributed by atoms with Crippen molar-refractivity contribution in [3.05, 3.63) is 59.7 Å². The predicted molar refractivity (Wildman–Crippen MR) is 79.1 cm³/mol. The third-order valence-corrected chi connectivity index (χ3v) is 3.92. The van der Waals surface area contributed by atoms with E-state index in [0.29, 0.717) is 6.61 Å². The van der Waals surface area contributed by atoms with Crippen LogP contribution in [-0.2, 0) is 13.0 Å². The van der Waals surface area contributed by atoms with Gasteiger partial charge in [0.2, 0.25) is 0 Å². The molecule has 0 saturated heterocycles. The maximum atomic E-state index is 5.82. The van der Waals surface area contributed by atoms with Crippen molar-refractivity contribution >= 4 is 15.9 Å². The molecule has 0 N–H and O–H groups in total. The highest BCUT2D eigenvalue weighted by molar-refractivity contribution is 9.09. The van der Waals surface area contributed by atoms with Gasteiger partial charge in [0.05, 0.1) is 0 Å². The Bertz CT molecular complexity index is 554. The number of hydrogen-bond acceptors (Lipinski definition) is 2. The Morgan fingerprint density at radius 3 is 2.79 bits per heavy atom. The van der Waals surface area contributed by atoms with Gasteiger partial charge >= 0.3 is 0 Å². The number of hydrogen-bond donors (Lipinski definition) is 0. The number of fused-ring (bicyclic) bond motifs is 1. The molecule has 0 spiro atoms. The van der Waals surface area contributed by atoms with Crippen LogP contribution in [0.3, 0.4) is 0 Å². The molecule has 19 heavy (non-hydrogen) atoms. The maximum absolute atomic E-state index is 5.82. The number of alkyl halides is 1. The van der Waals surface area contributed by atoms with Gasteiger partial charge in [0.1, 0.15) is 24.2 Å². The van der Waals surface area contributed by atoms with Gasteiger partial charge in [0.15, 0.2) is 0 Å². The molecule has 2 aromatic carbocycles. The number of halogens is 1. The fourth-order valence-corrected chi connectivity index (χ4v) is 2.57. The van der Waals surface area contributed by atoms with Crippen molar-refractivity contribution < 1.29 is 9.47 Å². The van der Waals surface area contributed by atoms with Crippen LogP contribution in [0.4, 0.5) is 0 Å². The third kappa shape index (κ3) is 2.92. The van der Waals surface area contributed by atoms with Gasteiger partial charge in [-0.25, -0.2) is 0 Å². The lowest BCUT2D eigenvalue weighted by Crippen LogP contribution is -2.13. The topological polar surface area (TPSA) is 18.5 Å². The summed E-state index contributed by atoms with van der Waals surface area (Å²) >= 11 is 3.46. The summed E-state index contributed by atoms with van der Waals surface area (Å²) in [7, 11) is 0. The van der Waals surface area contributed by atoms with Gasteiger partial charge < -0.3 is 9.47 Å².